The third-order valence-corrected chi connectivity index (χ3v) is 27.2. The number of allylic oxidation sites excluding steroid dienone is 4. The number of hydrogen-bond donors (Lipinski definition) is 0. The molecule has 230 valence electrons. The molecule has 0 atom stereocenters. The summed E-state index contributed by atoms with van der Waals surface area (Å²) >= 11 is 2.66. The second kappa shape index (κ2) is 12.4. The van der Waals surface area contributed by atoms with Crippen molar-refractivity contribution in [3.05, 3.63) is 132 Å². The Balaban J connectivity index is 0.00000221. The zero-order chi connectivity index (χ0) is 30.1. The molecular formula is C39H42Br2Cl2Zr. The molecule has 44 heavy (non-hydrogen) atoms. The Morgan fingerprint density at radius 2 is 1.23 bits per heavy atom. The molecule has 2 aliphatic carbocycles. The molecule has 2 aliphatic rings. The van der Waals surface area contributed by atoms with Gasteiger partial charge >= 0.3 is 272 Å². The van der Waals surface area contributed by atoms with Gasteiger partial charge in [-0.1, -0.05) is 0 Å². The molecule has 6 rings (SSSR count). The van der Waals surface area contributed by atoms with E-state index in [2.05, 4.69) is 170 Å². The van der Waals surface area contributed by atoms with E-state index in [9.17, 15) is 0 Å². The monoisotopic (exact) mass is 828 g/mol. The van der Waals surface area contributed by atoms with E-state index >= 15 is 0 Å². The van der Waals surface area contributed by atoms with E-state index in [0.29, 0.717) is 0 Å². The zero-order valence-electron chi connectivity index (χ0n) is 26.4. The van der Waals surface area contributed by atoms with Crippen LogP contribution < -0.4 is 9.81 Å². The first-order chi connectivity index (χ1) is 19.7. The van der Waals surface area contributed by atoms with E-state index in [1.165, 1.54) is 46.5 Å². The first kappa shape index (κ1) is 35.5. The van der Waals surface area contributed by atoms with Crippen LogP contribution in [0.1, 0.15) is 70.2 Å². The van der Waals surface area contributed by atoms with Gasteiger partial charge in [0.05, 0.1) is 0 Å². The molecule has 0 fully saturated rings. The topological polar surface area (TPSA) is 0 Å². The second-order valence-corrected chi connectivity index (χ2v) is 29.0. The maximum atomic E-state index is 5.70. The molecule has 0 nitrogen and oxygen atoms in total. The normalized spacial score (nSPS) is 14.3. The van der Waals surface area contributed by atoms with Crippen LogP contribution in [0.3, 0.4) is 0 Å². The molecule has 0 saturated carbocycles. The maximum absolute atomic E-state index is 5.70. The minimum atomic E-state index is -4.83. The van der Waals surface area contributed by atoms with Crippen LogP contribution >= 0.6 is 56.7 Å². The average Bonchev–Trinajstić information content (AvgIpc) is 3.60. The van der Waals surface area contributed by atoms with Gasteiger partial charge in [0.1, 0.15) is 0 Å². The molecule has 4 aromatic rings. The molecule has 0 N–H and O–H groups in total. The first-order valence-corrected chi connectivity index (χ1v) is 23.2. The van der Waals surface area contributed by atoms with Crippen molar-refractivity contribution in [2.24, 2.45) is 0 Å². The summed E-state index contributed by atoms with van der Waals surface area (Å²) in [5.74, 6) is 0. The van der Waals surface area contributed by atoms with Crippen LogP contribution in [0.25, 0.3) is 11.1 Å². The molecule has 0 saturated heterocycles. The molecule has 0 radical (unpaired) electrons. The number of halogens is 4. The molecule has 0 aliphatic heterocycles. The summed E-state index contributed by atoms with van der Waals surface area (Å²) in [7, 11) is 0. The van der Waals surface area contributed by atoms with Crippen LogP contribution in [-0.2, 0) is 35.5 Å². The van der Waals surface area contributed by atoms with Gasteiger partial charge in [-0.25, -0.2) is 0 Å². The quantitative estimate of drug-likeness (QED) is 0.169. The average molecular weight is 833 g/mol. The Labute approximate surface area is 294 Å². The van der Waals surface area contributed by atoms with Gasteiger partial charge in [-0.3, -0.25) is 0 Å². The Kier molecular flexibility index (Phi) is 9.97. The molecule has 0 spiro atoms. The molecule has 0 unspecified atom stereocenters. The Morgan fingerprint density at radius 3 is 1.70 bits per heavy atom. The number of hydrogen-bond acceptors (Lipinski definition) is 0. The molecule has 0 aromatic heterocycles. The predicted octanol–water partition coefficient (Wildman–Crippen LogP) is 10.5. The van der Waals surface area contributed by atoms with Crippen molar-refractivity contribution < 1.29 is 18.3 Å². The van der Waals surface area contributed by atoms with Crippen molar-refractivity contribution in [2.75, 3.05) is 0 Å². The fourth-order valence-corrected chi connectivity index (χ4v) is 24.6. The molecule has 0 amide bonds. The van der Waals surface area contributed by atoms with Gasteiger partial charge in [0, 0.05) is 0 Å². The summed E-state index contributed by atoms with van der Waals surface area (Å²) in [5, 5.41) is 0. The van der Waals surface area contributed by atoms with E-state index in [0.717, 1.165) is 21.8 Å². The van der Waals surface area contributed by atoms with Gasteiger partial charge in [0.25, 0.3) is 0 Å². The Morgan fingerprint density at radius 1 is 0.682 bits per heavy atom. The Hall–Kier alpha value is -1.35. The van der Waals surface area contributed by atoms with Crippen molar-refractivity contribution in [1.29, 1.82) is 0 Å². The van der Waals surface area contributed by atoms with Crippen molar-refractivity contribution >= 4 is 70.7 Å². The van der Waals surface area contributed by atoms with Crippen LogP contribution in [0.15, 0.2) is 109 Å². The second-order valence-electron chi connectivity index (χ2n) is 14.4. The van der Waals surface area contributed by atoms with E-state index in [4.69, 9.17) is 4.21 Å². The van der Waals surface area contributed by atoms with Crippen molar-refractivity contribution in [1.82, 2.24) is 0 Å². The molecule has 5 heteroatoms. The van der Waals surface area contributed by atoms with Gasteiger partial charge < -0.3 is 0 Å². The van der Waals surface area contributed by atoms with Gasteiger partial charge in [-0.15, -0.1) is 24.8 Å². The standard InChI is InChI=1S/C21H25.2C6H4Br.C5H5.CH2.2ClH.Zr/c1-20(2,3)16-7-9-18-14(12-16)11-15-13-17(21(4,5)6)8-10-19(15)18;2*7-6-4-2-1-3-5-6;1-2-4-5-3-1;;;;/h7-10,12H,11H2,1-6H3;2*2-5H;1-3H,4H2;1H2;2*1H;. The minimum absolute atomic E-state index is 0. The van der Waals surface area contributed by atoms with E-state index in [1.807, 2.05) is 0 Å². The van der Waals surface area contributed by atoms with Crippen LogP contribution in [0.4, 0.5) is 0 Å². The number of fused-ring (bicyclic) bond motifs is 3. The third-order valence-electron chi connectivity index (χ3n) is 9.74. The fraction of sp³-hybridized carbons (Fsp3) is 0.256. The van der Waals surface area contributed by atoms with Crippen molar-refractivity contribution in [2.45, 2.75) is 65.2 Å². The van der Waals surface area contributed by atoms with E-state index in [-0.39, 0.29) is 35.6 Å². The summed E-state index contributed by atoms with van der Waals surface area (Å²) in [6.07, 6.45) is 8.88. The van der Waals surface area contributed by atoms with Gasteiger partial charge in [-0.05, 0) is 0 Å². The SMILES string of the molecule is Cl.Cl.[CH2]=[Zr]([C]1=CC=CC1)([c]1ccc(Br)cc1)([c]1ccc(Br)cc1)[c]1c(C(C)(C)C)ccc2c1Cc1cc(C(C)(C)C)ccc1-2. The van der Waals surface area contributed by atoms with E-state index in [1.54, 1.807) is 0 Å². The third kappa shape index (κ3) is 5.52. The number of rotatable bonds is 4. The molecule has 0 heterocycles. The Bertz CT molecular complexity index is 1800. The van der Waals surface area contributed by atoms with Crippen LogP contribution in [0.5, 0.6) is 0 Å². The predicted molar refractivity (Wildman–Crippen MR) is 203 cm³/mol. The summed E-state index contributed by atoms with van der Waals surface area (Å²) in [6, 6.07) is 30.4. The van der Waals surface area contributed by atoms with Crippen LogP contribution in [-0.4, -0.2) is 4.21 Å². The summed E-state index contributed by atoms with van der Waals surface area (Å²) in [6.45, 7) is 14.1. The van der Waals surface area contributed by atoms with Crippen molar-refractivity contribution in [3.8, 4) is 11.1 Å². The zero-order valence-corrected chi connectivity index (χ0v) is 33.7. The fourth-order valence-electron chi connectivity index (χ4n) is 7.48. The summed E-state index contributed by atoms with van der Waals surface area (Å²) in [4.78, 5) is 0. The van der Waals surface area contributed by atoms with Gasteiger partial charge in [-0.2, -0.15) is 0 Å². The van der Waals surface area contributed by atoms with E-state index < -0.39 is 18.3 Å². The van der Waals surface area contributed by atoms with Crippen LogP contribution in [0, 0.1) is 0 Å². The van der Waals surface area contributed by atoms with Gasteiger partial charge in [0.2, 0.25) is 0 Å². The molecule has 0 bridgehead atoms. The molecular weight excluding hydrogens is 790 g/mol. The number of benzene rings is 4. The first-order valence-electron chi connectivity index (χ1n) is 14.9. The van der Waals surface area contributed by atoms with Crippen LogP contribution in [0.2, 0.25) is 0 Å². The van der Waals surface area contributed by atoms with Gasteiger partial charge in [0.15, 0.2) is 0 Å². The molecule has 4 aromatic carbocycles. The summed E-state index contributed by atoms with van der Waals surface area (Å²) < 4.78 is 13.7. The summed E-state index contributed by atoms with van der Waals surface area (Å²) in [5.41, 5.74) is 8.58. The van der Waals surface area contributed by atoms with Crippen molar-refractivity contribution in [3.63, 3.8) is 0 Å².